The van der Waals surface area contributed by atoms with Gasteiger partial charge in [0.1, 0.15) is 0 Å². The van der Waals surface area contributed by atoms with E-state index in [4.69, 9.17) is 11.6 Å². The smallest absolute Gasteiger partial charge is 0.318 e. The molecule has 0 bridgehead atoms. The van der Waals surface area contributed by atoms with Crippen molar-refractivity contribution in [2.45, 2.75) is 6.04 Å². The average molecular weight is 406 g/mol. The van der Waals surface area contributed by atoms with E-state index in [0.29, 0.717) is 13.1 Å². The fourth-order valence-corrected chi connectivity index (χ4v) is 3.89. The Labute approximate surface area is 176 Å². The summed E-state index contributed by atoms with van der Waals surface area (Å²) in [6.07, 6.45) is 0. The van der Waals surface area contributed by atoms with Gasteiger partial charge in [0.25, 0.3) is 0 Å². The van der Waals surface area contributed by atoms with Crippen LogP contribution in [0.15, 0.2) is 84.9 Å². The molecule has 0 aromatic heterocycles. The van der Waals surface area contributed by atoms with Gasteiger partial charge in [-0.25, -0.2) is 4.79 Å². The number of nitrogens with one attached hydrogen (secondary N) is 1. The largest absolute Gasteiger partial charge is 0.368 e. The van der Waals surface area contributed by atoms with Crippen LogP contribution in [0, 0.1) is 0 Å². The zero-order chi connectivity index (χ0) is 20.1. The number of amides is 2. The van der Waals surface area contributed by atoms with Gasteiger partial charge in [0.15, 0.2) is 0 Å². The summed E-state index contributed by atoms with van der Waals surface area (Å²) in [4.78, 5) is 17.2. The van der Waals surface area contributed by atoms with Crippen LogP contribution in [-0.2, 0) is 0 Å². The molecule has 2 amide bonds. The first-order chi connectivity index (χ1) is 14.2. The summed E-state index contributed by atoms with van der Waals surface area (Å²) in [5.74, 6) is 0. The molecule has 1 heterocycles. The second-order valence-electron chi connectivity index (χ2n) is 7.16. The van der Waals surface area contributed by atoms with Gasteiger partial charge in [-0.05, 0) is 29.3 Å². The van der Waals surface area contributed by atoms with E-state index in [1.807, 2.05) is 59.5 Å². The molecule has 148 valence electrons. The molecule has 1 saturated heterocycles. The van der Waals surface area contributed by atoms with E-state index in [-0.39, 0.29) is 12.1 Å². The highest BCUT2D eigenvalue weighted by atomic mass is 35.5. The lowest BCUT2D eigenvalue weighted by atomic mass is 9.99. The molecule has 3 aromatic rings. The van der Waals surface area contributed by atoms with Crippen LogP contribution in [0.2, 0.25) is 5.02 Å². The molecule has 29 heavy (non-hydrogen) atoms. The number of carbonyl (C=O) groups excluding carboxylic acids is 1. The molecule has 5 heteroatoms. The SMILES string of the molecule is O=C(NC(c1ccccc1)c1ccccc1)N1CCN(c2cccc(Cl)c2)CC1. The van der Waals surface area contributed by atoms with E-state index in [0.717, 1.165) is 34.9 Å². The van der Waals surface area contributed by atoms with Crippen molar-refractivity contribution in [2.24, 2.45) is 0 Å². The maximum atomic E-state index is 13.0. The van der Waals surface area contributed by atoms with Crippen molar-refractivity contribution in [3.63, 3.8) is 0 Å². The third-order valence-corrected chi connectivity index (χ3v) is 5.51. The van der Waals surface area contributed by atoms with Crippen molar-refractivity contribution in [3.05, 3.63) is 101 Å². The van der Waals surface area contributed by atoms with Crippen molar-refractivity contribution >= 4 is 23.3 Å². The van der Waals surface area contributed by atoms with E-state index < -0.39 is 0 Å². The Morgan fingerprint density at radius 1 is 0.793 bits per heavy atom. The summed E-state index contributed by atoms with van der Waals surface area (Å²) in [6, 6.07) is 27.8. The van der Waals surface area contributed by atoms with E-state index >= 15 is 0 Å². The quantitative estimate of drug-likeness (QED) is 0.665. The summed E-state index contributed by atoms with van der Waals surface area (Å²) < 4.78 is 0. The second-order valence-corrected chi connectivity index (χ2v) is 7.59. The standard InChI is InChI=1S/C24H24ClN3O/c25-21-12-7-13-22(18-21)27-14-16-28(17-15-27)24(29)26-23(19-8-3-1-4-9-19)20-10-5-2-6-11-20/h1-13,18,23H,14-17H2,(H,26,29). The first-order valence-corrected chi connectivity index (χ1v) is 10.2. The Balaban J connectivity index is 1.44. The molecule has 0 unspecified atom stereocenters. The van der Waals surface area contributed by atoms with Crippen LogP contribution in [0.25, 0.3) is 0 Å². The Kier molecular flexibility index (Phi) is 6.01. The van der Waals surface area contributed by atoms with Gasteiger partial charge in [0.05, 0.1) is 6.04 Å². The van der Waals surface area contributed by atoms with Gasteiger partial charge >= 0.3 is 6.03 Å². The van der Waals surface area contributed by atoms with Crippen LogP contribution in [0.5, 0.6) is 0 Å². The van der Waals surface area contributed by atoms with Crippen LogP contribution in [0.1, 0.15) is 17.2 Å². The minimum absolute atomic E-state index is 0.0338. The molecule has 4 rings (SSSR count). The van der Waals surface area contributed by atoms with Crippen LogP contribution < -0.4 is 10.2 Å². The van der Waals surface area contributed by atoms with Gasteiger partial charge in [-0.15, -0.1) is 0 Å². The van der Waals surface area contributed by atoms with Gasteiger partial charge in [-0.1, -0.05) is 78.3 Å². The summed E-state index contributed by atoms with van der Waals surface area (Å²) >= 11 is 6.12. The normalized spacial score (nSPS) is 14.1. The number of halogens is 1. The van der Waals surface area contributed by atoms with Crippen molar-refractivity contribution < 1.29 is 4.79 Å². The number of urea groups is 1. The third-order valence-electron chi connectivity index (χ3n) is 5.27. The van der Waals surface area contributed by atoms with Gasteiger partial charge in [-0.2, -0.15) is 0 Å². The first-order valence-electron chi connectivity index (χ1n) is 9.86. The summed E-state index contributed by atoms with van der Waals surface area (Å²) in [5, 5.41) is 3.96. The van der Waals surface area contributed by atoms with Crippen molar-refractivity contribution in [2.75, 3.05) is 31.1 Å². The number of carbonyl (C=O) groups is 1. The maximum Gasteiger partial charge on any atom is 0.318 e. The zero-order valence-electron chi connectivity index (χ0n) is 16.2. The lowest BCUT2D eigenvalue weighted by Crippen LogP contribution is -2.52. The first kappa shape index (κ1) is 19.3. The molecule has 0 spiro atoms. The van der Waals surface area contributed by atoms with Crippen molar-refractivity contribution in [1.29, 1.82) is 0 Å². The predicted octanol–water partition coefficient (Wildman–Crippen LogP) is 4.96. The number of piperazine rings is 1. The lowest BCUT2D eigenvalue weighted by molar-refractivity contribution is 0.192. The van der Waals surface area contributed by atoms with E-state index in [2.05, 4.69) is 40.5 Å². The number of hydrogen-bond acceptors (Lipinski definition) is 2. The number of nitrogens with zero attached hydrogens (tertiary/aromatic N) is 2. The van der Waals surface area contributed by atoms with Gasteiger partial charge in [0, 0.05) is 36.9 Å². The van der Waals surface area contributed by atoms with Crippen molar-refractivity contribution in [1.82, 2.24) is 10.2 Å². The van der Waals surface area contributed by atoms with E-state index in [9.17, 15) is 4.79 Å². The van der Waals surface area contributed by atoms with Gasteiger partial charge in [-0.3, -0.25) is 0 Å². The van der Waals surface area contributed by atoms with Gasteiger partial charge < -0.3 is 15.1 Å². The molecular formula is C24H24ClN3O. The predicted molar refractivity (Wildman–Crippen MR) is 118 cm³/mol. The topological polar surface area (TPSA) is 35.6 Å². The average Bonchev–Trinajstić information content (AvgIpc) is 2.78. The summed E-state index contributed by atoms with van der Waals surface area (Å²) in [5.41, 5.74) is 3.25. The number of rotatable bonds is 4. The number of benzene rings is 3. The summed E-state index contributed by atoms with van der Waals surface area (Å²) in [7, 11) is 0. The Bertz CT molecular complexity index is 901. The van der Waals surface area contributed by atoms with Crippen LogP contribution in [0.4, 0.5) is 10.5 Å². The number of anilines is 1. The van der Waals surface area contributed by atoms with E-state index in [1.54, 1.807) is 0 Å². The number of hydrogen-bond donors (Lipinski definition) is 1. The molecule has 1 aliphatic heterocycles. The Hall–Kier alpha value is -2.98. The second kappa shape index (κ2) is 9.01. The summed E-state index contributed by atoms with van der Waals surface area (Å²) in [6.45, 7) is 2.92. The maximum absolute atomic E-state index is 13.0. The monoisotopic (exact) mass is 405 g/mol. The fourth-order valence-electron chi connectivity index (χ4n) is 3.71. The minimum atomic E-state index is -0.171. The van der Waals surface area contributed by atoms with Crippen LogP contribution in [0.3, 0.4) is 0 Å². The molecule has 1 N–H and O–H groups in total. The highest BCUT2D eigenvalue weighted by molar-refractivity contribution is 6.30. The van der Waals surface area contributed by atoms with Crippen LogP contribution in [-0.4, -0.2) is 37.1 Å². The third kappa shape index (κ3) is 4.72. The highest BCUT2D eigenvalue weighted by Gasteiger charge is 2.24. The molecule has 3 aromatic carbocycles. The van der Waals surface area contributed by atoms with Gasteiger partial charge in [0.2, 0.25) is 0 Å². The lowest BCUT2D eigenvalue weighted by Gasteiger charge is -2.37. The molecule has 1 aliphatic rings. The fraction of sp³-hybridized carbons (Fsp3) is 0.208. The Morgan fingerprint density at radius 2 is 1.38 bits per heavy atom. The Morgan fingerprint density at radius 3 is 1.93 bits per heavy atom. The molecule has 1 fully saturated rings. The zero-order valence-corrected chi connectivity index (χ0v) is 16.9. The molecule has 4 nitrogen and oxygen atoms in total. The molecule has 0 atom stereocenters. The van der Waals surface area contributed by atoms with E-state index in [1.165, 1.54) is 0 Å². The minimum Gasteiger partial charge on any atom is -0.368 e. The van der Waals surface area contributed by atoms with Crippen LogP contribution >= 0.6 is 11.6 Å². The highest BCUT2D eigenvalue weighted by Crippen LogP contribution is 2.23. The molecule has 0 aliphatic carbocycles. The molecule has 0 radical (unpaired) electrons. The molecule has 0 saturated carbocycles. The van der Waals surface area contributed by atoms with Crippen molar-refractivity contribution in [3.8, 4) is 0 Å². The molecular weight excluding hydrogens is 382 g/mol.